The van der Waals surface area contributed by atoms with E-state index in [1.165, 1.54) is 18.6 Å². The van der Waals surface area contributed by atoms with Crippen LogP contribution >= 0.6 is 23.2 Å². The molecule has 4 saturated carbocycles. The van der Waals surface area contributed by atoms with Crippen LogP contribution in [0.2, 0.25) is 10.0 Å². The predicted octanol–water partition coefficient (Wildman–Crippen LogP) is 8.16. The third-order valence-corrected chi connectivity index (χ3v) is 10.6. The molecule has 274 valence electrons. The van der Waals surface area contributed by atoms with Crippen LogP contribution in [-0.2, 0) is 19.0 Å². The molecule has 2 heterocycles. The number of ether oxygens (including phenoxy) is 3. The van der Waals surface area contributed by atoms with Crippen LogP contribution in [0.4, 0.5) is 9.59 Å². The Bertz CT molecular complexity index is 1700. The van der Waals surface area contributed by atoms with Gasteiger partial charge in [0.2, 0.25) is 0 Å². The van der Waals surface area contributed by atoms with Gasteiger partial charge in [0.15, 0.2) is 0 Å². The van der Waals surface area contributed by atoms with Gasteiger partial charge in [-0.1, -0.05) is 23.2 Å². The molecule has 4 bridgehead atoms. The fourth-order valence-corrected chi connectivity index (χ4v) is 9.48. The molecule has 2 atom stereocenters. The number of carbonyl (C=O) groups is 4. The van der Waals surface area contributed by atoms with E-state index in [0.29, 0.717) is 23.7 Å². The summed E-state index contributed by atoms with van der Waals surface area (Å²) in [5.74, 6) is -0.955. The van der Waals surface area contributed by atoms with Gasteiger partial charge in [0.25, 0.3) is 5.91 Å². The Morgan fingerprint density at radius 1 is 0.800 bits per heavy atom. The van der Waals surface area contributed by atoms with Crippen molar-refractivity contribution < 1.29 is 38.5 Å². The van der Waals surface area contributed by atoms with Gasteiger partial charge < -0.3 is 19.3 Å². The number of esters is 1. The first-order chi connectivity index (χ1) is 23.0. The Kier molecular flexibility index (Phi) is 9.35. The molecule has 5 fully saturated rings. The molecule has 50 heavy (non-hydrogen) atoms. The van der Waals surface area contributed by atoms with Gasteiger partial charge in [0.1, 0.15) is 22.5 Å². The van der Waals surface area contributed by atoms with Crippen molar-refractivity contribution in [2.45, 2.75) is 123 Å². The SMILES string of the molecule is CC(C)(C)OC(=O)c1c(C(O)C2CN(C3C4CC5CC(C4)CC3C5)N(C(=O)OC(C)(C)C)C2=O)c2c(Cl)cc(Cl)cc2n1C(=O)OC(C)(C)C. The van der Waals surface area contributed by atoms with Crippen LogP contribution in [0.1, 0.15) is 117 Å². The lowest BCUT2D eigenvalue weighted by Gasteiger charge is -2.57. The molecule has 2 aromatic rings. The second kappa shape index (κ2) is 12.7. The number of aromatic nitrogens is 1. The van der Waals surface area contributed by atoms with Crippen molar-refractivity contribution in [1.29, 1.82) is 0 Å². The highest BCUT2D eigenvalue weighted by molar-refractivity contribution is 6.39. The molecule has 11 nitrogen and oxygen atoms in total. The van der Waals surface area contributed by atoms with Crippen molar-refractivity contribution in [3.63, 3.8) is 0 Å². The Morgan fingerprint density at radius 3 is 1.84 bits per heavy atom. The highest BCUT2D eigenvalue weighted by atomic mass is 35.5. The van der Waals surface area contributed by atoms with E-state index >= 15 is 0 Å². The number of carbonyl (C=O) groups excluding carboxylic acids is 4. The number of amides is 2. The van der Waals surface area contributed by atoms with E-state index in [4.69, 9.17) is 37.4 Å². The number of halogens is 2. The van der Waals surface area contributed by atoms with Crippen molar-refractivity contribution in [2.75, 3.05) is 6.54 Å². The molecule has 2 amide bonds. The minimum absolute atomic E-state index is 0.00960. The number of hydrogen-bond acceptors (Lipinski definition) is 9. The largest absolute Gasteiger partial charge is 0.455 e. The number of aliphatic hydroxyl groups excluding tert-OH is 1. The third-order valence-electron chi connectivity index (χ3n) is 10.1. The molecule has 4 aliphatic carbocycles. The second-order valence-corrected chi connectivity index (χ2v) is 18.4. The summed E-state index contributed by atoms with van der Waals surface area (Å²) in [7, 11) is 0. The smallest absolute Gasteiger partial charge is 0.432 e. The lowest BCUT2D eigenvalue weighted by Crippen LogP contribution is -2.60. The van der Waals surface area contributed by atoms with Crippen LogP contribution in [0.3, 0.4) is 0 Å². The number of benzene rings is 1. The molecule has 1 saturated heterocycles. The van der Waals surface area contributed by atoms with Crippen molar-refractivity contribution in [1.82, 2.24) is 14.6 Å². The number of aliphatic hydroxyl groups is 1. The van der Waals surface area contributed by atoms with Gasteiger partial charge in [-0.3, -0.25) is 4.79 Å². The van der Waals surface area contributed by atoms with Crippen molar-refractivity contribution >= 4 is 58.2 Å². The van der Waals surface area contributed by atoms with Gasteiger partial charge in [-0.05, 0) is 130 Å². The molecular formula is C37H49Cl2N3O8. The van der Waals surface area contributed by atoms with Crippen molar-refractivity contribution in [3.05, 3.63) is 33.4 Å². The van der Waals surface area contributed by atoms with Crippen LogP contribution in [0.25, 0.3) is 10.9 Å². The Balaban J connectivity index is 1.50. The summed E-state index contributed by atoms with van der Waals surface area (Å²) in [5.41, 5.74) is -3.18. The highest BCUT2D eigenvalue weighted by Crippen LogP contribution is 2.56. The number of fused-ring (bicyclic) bond motifs is 1. The van der Waals surface area contributed by atoms with E-state index in [9.17, 15) is 24.3 Å². The van der Waals surface area contributed by atoms with Gasteiger partial charge in [-0.2, -0.15) is 5.01 Å². The summed E-state index contributed by atoms with van der Waals surface area (Å²) in [6.07, 6.45) is 1.89. The first kappa shape index (κ1) is 36.9. The van der Waals surface area contributed by atoms with E-state index in [-0.39, 0.29) is 44.8 Å². The fourth-order valence-electron chi connectivity index (χ4n) is 8.89. The zero-order valence-electron chi connectivity index (χ0n) is 30.3. The first-order valence-electron chi connectivity index (χ1n) is 17.5. The number of rotatable bonds is 4. The summed E-state index contributed by atoms with van der Waals surface area (Å²) in [4.78, 5) is 56.5. The highest BCUT2D eigenvalue weighted by Gasteiger charge is 2.57. The number of nitrogens with zero attached hydrogens (tertiary/aromatic N) is 3. The normalized spacial score (nSPS) is 27.6. The standard InChI is InChI=1S/C37H49Cl2N3O8/c1-35(2,3)48-32(45)29-27(26-24(39)15-22(38)16-25(26)41(29)33(46)49-36(4,5)6)30(43)23-17-40(42(31(23)44)34(47)50-37(7,8)9)28-20-11-18-10-19(13-20)14-21(28)12-18/h15-16,18-21,23,28,30,43H,10-14,17H2,1-9H3. The van der Waals surface area contributed by atoms with E-state index in [1.807, 2.05) is 5.01 Å². The second-order valence-electron chi connectivity index (χ2n) is 17.6. The van der Waals surface area contributed by atoms with Crippen molar-refractivity contribution in [2.24, 2.45) is 29.6 Å². The van der Waals surface area contributed by atoms with Gasteiger partial charge in [0, 0.05) is 28.6 Å². The van der Waals surface area contributed by atoms with Crippen LogP contribution in [0.5, 0.6) is 0 Å². The predicted molar refractivity (Wildman–Crippen MR) is 188 cm³/mol. The van der Waals surface area contributed by atoms with Crippen LogP contribution in [0, 0.1) is 29.6 Å². The van der Waals surface area contributed by atoms with Crippen molar-refractivity contribution in [3.8, 4) is 0 Å². The molecular weight excluding hydrogens is 685 g/mol. The Hall–Kier alpha value is -2.86. The molecule has 0 spiro atoms. The minimum Gasteiger partial charge on any atom is -0.455 e. The summed E-state index contributed by atoms with van der Waals surface area (Å²) in [5, 5.41) is 15.7. The average Bonchev–Trinajstić information content (AvgIpc) is 3.45. The quantitative estimate of drug-likeness (QED) is 0.245. The number of hydrogen-bond donors (Lipinski definition) is 1. The molecule has 1 aromatic carbocycles. The molecule has 1 aliphatic heterocycles. The molecule has 1 N–H and O–H groups in total. The van der Waals surface area contributed by atoms with E-state index in [0.717, 1.165) is 35.3 Å². The molecule has 7 rings (SSSR count). The topological polar surface area (TPSA) is 128 Å². The molecule has 13 heteroatoms. The monoisotopic (exact) mass is 733 g/mol. The molecule has 2 unspecified atom stereocenters. The summed E-state index contributed by atoms with van der Waals surface area (Å²) in [6.45, 7) is 15.3. The molecule has 1 aromatic heterocycles. The van der Waals surface area contributed by atoms with Crippen LogP contribution in [0.15, 0.2) is 12.1 Å². The van der Waals surface area contributed by atoms with E-state index in [2.05, 4.69) is 0 Å². The summed E-state index contributed by atoms with van der Waals surface area (Å²) in [6, 6.07) is 2.79. The van der Waals surface area contributed by atoms with Gasteiger partial charge in [-0.25, -0.2) is 24.0 Å². The molecule has 0 radical (unpaired) electrons. The molecule has 5 aliphatic rings. The van der Waals surface area contributed by atoms with Crippen LogP contribution < -0.4 is 0 Å². The fraction of sp³-hybridized carbons (Fsp3) is 0.676. The summed E-state index contributed by atoms with van der Waals surface area (Å²) < 4.78 is 18.3. The lowest BCUT2D eigenvalue weighted by atomic mass is 9.54. The van der Waals surface area contributed by atoms with E-state index < -0.39 is 52.9 Å². The van der Waals surface area contributed by atoms with E-state index in [1.54, 1.807) is 62.3 Å². The Labute approximate surface area is 303 Å². The van der Waals surface area contributed by atoms with Crippen LogP contribution in [-0.4, -0.2) is 73.1 Å². The lowest BCUT2D eigenvalue weighted by molar-refractivity contribution is -0.154. The maximum absolute atomic E-state index is 14.6. The zero-order valence-corrected chi connectivity index (χ0v) is 31.9. The minimum atomic E-state index is -1.71. The van der Waals surface area contributed by atoms with Gasteiger partial charge >= 0.3 is 18.2 Å². The zero-order chi connectivity index (χ0) is 36.8. The van der Waals surface area contributed by atoms with Gasteiger partial charge in [0.05, 0.1) is 22.6 Å². The maximum atomic E-state index is 14.6. The third kappa shape index (κ3) is 6.99. The maximum Gasteiger partial charge on any atom is 0.432 e. The average molecular weight is 735 g/mol. The number of hydrazine groups is 1. The van der Waals surface area contributed by atoms with Gasteiger partial charge in [-0.15, -0.1) is 0 Å². The summed E-state index contributed by atoms with van der Waals surface area (Å²) >= 11 is 13.2. The number of imide groups is 1. The first-order valence-corrected chi connectivity index (χ1v) is 18.3. The Morgan fingerprint density at radius 2 is 1.32 bits per heavy atom.